The topological polar surface area (TPSA) is 63.5 Å². The van der Waals surface area contributed by atoms with Gasteiger partial charge in [0.15, 0.2) is 4.96 Å². The molecule has 5 nitrogen and oxygen atoms in total. The maximum atomic E-state index is 13.0. The van der Waals surface area contributed by atoms with E-state index in [1.807, 2.05) is 12.1 Å². The molecule has 0 fully saturated rings. The summed E-state index contributed by atoms with van der Waals surface area (Å²) in [5.41, 5.74) is 3.32. The first-order valence-corrected chi connectivity index (χ1v) is 10.8. The molecule has 2 heterocycles. The van der Waals surface area contributed by atoms with Crippen molar-refractivity contribution in [1.82, 2.24) is 14.7 Å². The van der Waals surface area contributed by atoms with Crippen LogP contribution in [0.3, 0.4) is 0 Å². The molecule has 0 spiro atoms. The zero-order chi connectivity index (χ0) is 19.5. The fourth-order valence-electron chi connectivity index (χ4n) is 3.86. The summed E-state index contributed by atoms with van der Waals surface area (Å²) in [5, 5.41) is 2.88. The maximum absolute atomic E-state index is 13.0. The summed E-state index contributed by atoms with van der Waals surface area (Å²) in [6, 6.07) is 8.22. The van der Waals surface area contributed by atoms with Gasteiger partial charge >= 0.3 is 0 Å². The fraction of sp³-hybridized carbons (Fsp3) is 0.409. The molecule has 4 rings (SSSR count). The number of hydrogen-bond donors (Lipinski definition) is 1. The predicted octanol–water partition coefficient (Wildman–Crippen LogP) is 3.70. The first-order chi connectivity index (χ1) is 13.6. The highest BCUT2D eigenvalue weighted by molar-refractivity contribution is 7.17. The van der Waals surface area contributed by atoms with E-state index in [0.717, 1.165) is 37.8 Å². The van der Waals surface area contributed by atoms with E-state index in [1.165, 1.54) is 35.0 Å². The highest BCUT2D eigenvalue weighted by atomic mass is 32.1. The molecule has 6 heteroatoms. The number of aromatic nitrogens is 2. The largest absolute Gasteiger partial charge is 0.351 e. The number of hydrogen-bond acceptors (Lipinski definition) is 4. The van der Waals surface area contributed by atoms with Crippen LogP contribution in [0.5, 0.6) is 0 Å². The Morgan fingerprint density at radius 2 is 2.04 bits per heavy atom. The molecular formula is C22H25N3O2S. The van der Waals surface area contributed by atoms with E-state index in [1.54, 1.807) is 15.7 Å². The number of nitrogens with zero attached hydrogens (tertiary/aromatic N) is 2. The fourth-order valence-corrected chi connectivity index (χ4v) is 5.03. The van der Waals surface area contributed by atoms with Crippen molar-refractivity contribution in [3.63, 3.8) is 0 Å². The van der Waals surface area contributed by atoms with Crippen LogP contribution in [0.2, 0.25) is 0 Å². The van der Waals surface area contributed by atoms with Crippen LogP contribution in [-0.2, 0) is 19.3 Å². The molecule has 0 saturated heterocycles. The molecule has 0 radical (unpaired) electrons. The van der Waals surface area contributed by atoms with Crippen molar-refractivity contribution in [3.8, 4) is 0 Å². The number of nitrogens with one attached hydrogen (secondary N) is 1. The number of rotatable bonds is 4. The van der Waals surface area contributed by atoms with Crippen molar-refractivity contribution in [2.75, 3.05) is 6.54 Å². The molecule has 1 aliphatic rings. The van der Waals surface area contributed by atoms with E-state index in [9.17, 15) is 9.59 Å². The van der Waals surface area contributed by atoms with Crippen LogP contribution in [-0.4, -0.2) is 21.8 Å². The van der Waals surface area contributed by atoms with Crippen LogP contribution in [0.4, 0.5) is 0 Å². The quantitative estimate of drug-likeness (QED) is 0.733. The Hall–Kier alpha value is -2.47. The minimum atomic E-state index is -0.342. The van der Waals surface area contributed by atoms with Crippen molar-refractivity contribution in [2.45, 2.75) is 51.9 Å². The average molecular weight is 396 g/mol. The number of thiazole rings is 1. The smallest absolute Gasteiger partial charge is 0.271 e. The molecule has 1 amide bonds. The number of amides is 1. The second-order valence-corrected chi connectivity index (χ2v) is 8.54. The lowest BCUT2D eigenvalue weighted by atomic mass is 10.0. The van der Waals surface area contributed by atoms with Gasteiger partial charge in [0, 0.05) is 23.3 Å². The highest BCUT2D eigenvalue weighted by Gasteiger charge is 2.20. The molecular weight excluding hydrogens is 370 g/mol. The van der Waals surface area contributed by atoms with E-state index < -0.39 is 0 Å². The predicted molar refractivity (Wildman–Crippen MR) is 112 cm³/mol. The second-order valence-electron chi connectivity index (χ2n) is 7.48. The van der Waals surface area contributed by atoms with E-state index in [0.29, 0.717) is 11.5 Å². The lowest BCUT2D eigenvalue weighted by Crippen LogP contribution is -2.33. The van der Waals surface area contributed by atoms with E-state index in [4.69, 9.17) is 0 Å². The third-order valence-corrected chi connectivity index (χ3v) is 6.49. The molecule has 3 aromatic rings. The number of carbonyl (C=O) groups excluding carboxylic acids is 1. The molecule has 0 bridgehead atoms. The summed E-state index contributed by atoms with van der Waals surface area (Å²) >= 11 is 1.59. The lowest BCUT2D eigenvalue weighted by molar-refractivity contribution is 0.0952. The number of benzene rings is 1. The normalized spacial score (nSPS) is 14.3. The molecule has 1 aliphatic carbocycles. The molecule has 0 aliphatic heterocycles. The van der Waals surface area contributed by atoms with Gasteiger partial charge in [-0.05, 0) is 44.6 Å². The van der Waals surface area contributed by atoms with E-state index >= 15 is 0 Å². The monoisotopic (exact) mass is 395 g/mol. The van der Waals surface area contributed by atoms with Crippen LogP contribution in [0.15, 0.2) is 35.3 Å². The van der Waals surface area contributed by atoms with Gasteiger partial charge in [-0.25, -0.2) is 4.98 Å². The third kappa shape index (κ3) is 3.87. The standard InChI is InChI=1S/C22H25N3O2S/c1-15-7-6-8-16(13-15)11-12-23-20(26)17-14-24-22-25(21(17)27)18-9-4-2-3-5-10-19(18)28-22/h6-8,13-14H,2-5,9-12H2,1H3,(H,23,26). The summed E-state index contributed by atoms with van der Waals surface area (Å²) in [7, 11) is 0. The molecule has 28 heavy (non-hydrogen) atoms. The van der Waals surface area contributed by atoms with Gasteiger partial charge < -0.3 is 5.32 Å². The van der Waals surface area contributed by atoms with Crippen LogP contribution >= 0.6 is 11.3 Å². The zero-order valence-electron chi connectivity index (χ0n) is 16.2. The van der Waals surface area contributed by atoms with Gasteiger partial charge in [-0.1, -0.05) is 42.7 Å². The third-order valence-electron chi connectivity index (χ3n) is 5.33. The SMILES string of the molecule is Cc1cccc(CCNC(=O)c2cnc3sc4c(n3c2=O)CCCCCC4)c1. The Morgan fingerprint density at radius 1 is 1.21 bits per heavy atom. The molecule has 1 aromatic carbocycles. The van der Waals surface area contributed by atoms with Crippen LogP contribution < -0.4 is 10.9 Å². The number of aryl methyl sites for hydroxylation is 3. The van der Waals surface area contributed by atoms with Crippen molar-refractivity contribution in [2.24, 2.45) is 0 Å². The van der Waals surface area contributed by atoms with Crippen molar-refractivity contribution < 1.29 is 4.79 Å². The Kier molecular flexibility index (Phi) is 5.57. The average Bonchev–Trinajstić information content (AvgIpc) is 2.99. The minimum absolute atomic E-state index is 0.129. The van der Waals surface area contributed by atoms with Crippen LogP contribution in [0.25, 0.3) is 4.96 Å². The molecule has 0 unspecified atom stereocenters. The molecule has 2 aromatic heterocycles. The van der Waals surface area contributed by atoms with Gasteiger partial charge in [-0.2, -0.15) is 0 Å². The molecule has 146 valence electrons. The van der Waals surface area contributed by atoms with Gasteiger partial charge in [0.05, 0.1) is 0 Å². The van der Waals surface area contributed by atoms with Gasteiger partial charge in [-0.3, -0.25) is 14.0 Å². The molecule has 0 saturated carbocycles. The van der Waals surface area contributed by atoms with Crippen LogP contribution in [0, 0.1) is 6.92 Å². The first kappa shape index (κ1) is 18.9. The van der Waals surface area contributed by atoms with Crippen molar-refractivity contribution in [1.29, 1.82) is 0 Å². The Bertz CT molecular complexity index is 1070. The Morgan fingerprint density at radius 3 is 2.86 bits per heavy atom. The minimum Gasteiger partial charge on any atom is -0.351 e. The van der Waals surface area contributed by atoms with E-state index in [-0.39, 0.29) is 17.0 Å². The number of carbonyl (C=O) groups is 1. The summed E-state index contributed by atoms with van der Waals surface area (Å²) < 4.78 is 1.68. The lowest BCUT2D eigenvalue weighted by Gasteiger charge is -2.10. The summed E-state index contributed by atoms with van der Waals surface area (Å²) in [6.45, 7) is 2.54. The van der Waals surface area contributed by atoms with Gasteiger partial charge in [-0.15, -0.1) is 11.3 Å². The van der Waals surface area contributed by atoms with Gasteiger partial charge in [0.2, 0.25) is 0 Å². The van der Waals surface area contributed by atoms with Gasteiger partial charge in [0.25, 0.3) is 11.5 Å². The zero-order valence-corrected chi connectivity index (χ0v) is 17.0. The van der Waals surface area contributed by atoms with Crippen molar-refractivity contribution in [3.05, 3.63) is 68.1 Å². The second kappa shape index (κ2) is 8.27. The molecule has 0 atom stereocenters. The summed E-state index contributed by atoms with van der Waals surface area (Å²) in [5.74, 6) is -0.342. The first-order valence-electron chi connectivity index (χ1n) is 9.99. The Balaban J connectivity index is 1.54. The highest BCUT2D eigenvalue weighted by Crippen LogP contribution is 2.27. The van der Waals surface area contributed by atoms with E-state index in [2.05, 4.69) is 29.4 Å². The summed E-state index contributed by atoms with van der Waals surface area (Å²) in [4.78, 5) is 32.0. The number of fused-ring (bicyclic) bond motifs is 3. The Labute approximate surface area is 168 Å². The van der Waals surface area contributed by atoms with Crippen LogP contribution in [0.1, 0.15) is 57.7 Å². The maximum Gasteiger partial charge on any atom is 0.271 e. The van der Waals surface area contributed by atoms with Gasteiger partial charge in [0.1, 0.15) is 5.56 Å². The summed E-state index contributed by atoms with van der Waals surface area (Å²) in [6.07, 6.45) is 8.72. The van der Waals surface area contributed by atoms with Crippen molar-refractivity contribution >= 4 is 22.2 Å². The molecule has 1 N–H and O–H groups in total.